The van der Waals surface area contributed by atoms with Gasteiger partial charge in [0.05, 0.1) is 10.2 Å². The van der Waals surface area contributed by atoms with Crippen molar-refractivity contribution in [3.63, 3.8) is 0 Å². The summed E-state index contributed by atoms with van der Waals surface area (Å²) in [5, 5.41) is 0. The van der Waals surface area contributed by atoms with E-state index in [4.69, 9.17) is 0 Å². The maximum atomic E-state index is 13.3. The van der Waals surface area contributed by atoms with Crippen LogP contribution >= 0.6 is 15.9 Å². The molecule has 1 aromatic carbocycles. The molecule has 7 heteroatoms. The molecule has 1 fully saturated rings. The van der Waals surface area contributed by atoms with Gasteiger partial charge in [-0.2, -0.15) is 13.1 Å². The molecule has 0 unspecified atom stereocenters. The van der Waals surface area contributed by atoms with Crippen LogP contribution in [0.4, 0.5) is 10.1 Å². The molecule has 2 N–H and O–H groups in total. The van der Waals surface area contributed by atoms with E-state index in [0.29, 0.717) is 10.0 Å². The van der Waals surface area contributed by atoms with Crippen LogP contribution in [0.25, 0.3) is 0 Å². The standard InChI is InChI=1S/C10H12BrFN2O2S/c1-6-4-8(11)9(12)5-10(6)14-17(15,16)13-7-2-3-7/h4-5,7,13-14H,2-3H2,1H3. The topological polar surface area (TPSA) is 58.2 Å². The fourth-order valence-electron chi connectivity index (χ4n) is 1.35. The van der Waals surface area contributed by atoms with Gasteiger partial charge in [-0.1, -0.05) is 0 Å². The summed E-state index contributed by atoms with van der Waals surface area (Å²) in [7, 11) is -3.61. The second kappa shape index (κ2) is 4.55. The Morgan fingerprint density at radius 1 is 1.41 bits per heavy atom. The zero-order valence-corrected chi connectivity index (χ0v) is 11.5. The highest BCUT2D eigenvalue weighted by molar-refractivity contribution is 9.10. The van der Waals surface area contributed by atoms with E-state index in [2.05, 4.69) is 25.4 Å². The van der Waals surface area contributed by atoms with E-state index >= 15 is 0 Å². The van der Waals surface area contributed by atoms with Gasteiger partial charge in [0.2, 0.25) is 0 Å². The molecule has 1 saturated carbocycles. The van der Waals surface area contributed by atoms with Gasteiger partial charge in [-0.3, -0.25) is 4.72 Å². The first kappa shape index (κ1) is 12.8. The Labute approximate surface area is 108 Å². The number of aryl methyl sites for hydroxylation is 1. The Morgan fingerprint density at radius 2 is 2.06 bits per heavy atom. The van der Waals surface area contributed by atoms with E-state index in [0.717, 1.165) is 18.9 Å². The number of hydrogen-bond acceptors (Lipinski definition) is 2. The molecular weight excluding hydrogens is 311 g/mol. The second-order valence-electron chi connectivity index (χ2n) is 4.08. The van der Waals surface area contributed by atoms with Crippen molar-refractivity contribution in [3.8, 4) is 0 Å². The van der Waals surface area contributed by atoms with Crippen LogP contribution in [0, 0.1) is 12.7 Å². The summed E-state index contributed by atoms with van der Waals surface area (Å²) >= 11 is 3.04. The largest absolute Gasteiger partial charge is 0.299 e. The Bertz CT molecular complexity index is 543. The van der Waals surface area contributed by atoms with Crippen LogP contribution in [0.5, 0.6) is 0 Å². The van der Waals surface area contributed by atoms with Crippen molar-refractivity contribution in [2.24, 2.45) is 0 Å². The molecule has 94 valence electrons. The first-order chi connectivity index (χ1) is 7.87. The highest BCUT2D eigenvalue weighted by Crippen LogP contribution is 2.25. The predicted octanol–water partition coefficient (Wildman–Crippen LogP) is 2.31. The van der Waals surface area contributed by atoms with Crippen molar-refractivity contribution in [1.29, 1.82) is 0 Å². The normalized spacial score (nSPS) is 15.9. The summed E-state index contributed by atoms with van der Waals surface area (Å²) in [5.41, 5.74) is 0.901. The Kier molecular flexibility index (Phi) is 3.42. The van der Waals surface area contributed by atoms with Crippen LogP contribution in [0.1, 0.15) is 18.4 Å². The molecule has 0 atom stereocenters. The molecular formula is C10H12BrFN2O2S. The van der Waals surface area contributed by atoms with Gasteiger partial charge in [0, 0.05) is 6.04 Å². The molecule has 2 rings (SSSR count). The highest BCUT2D eigenvalue weighted by Gasteiger charge is 2.27. The zero-order chi connectivity index (χ0) is 12.6. The minimum atomic E-state index is -3.61. The molecule has 1 aliphatic carbocycles. The Morgan fingerprint density at radius 3 is 2.65 bits per heavy atom. The third-order valence-corrected chi connectivity index (χ3v) is 4.15. The van der Waals surface area contributed by atoms with Gasteiger partial charge in [0.15, 0.2) is 0 Å². The number of halogens is 2. The minimum Gasteiger partial charge on any atom is -0.271 e. The van der Waals surface area contributed by atoms with E-state index in [9.17, 15) is 12.8 Å². The van der Waals surface area contributed by atoms with E-state index < -0.39 is 16.0 Å². The average Bonchev–Trinajstić information content (AvgIpc) is 2.96. The van der Waals surface area contributed by atoms with Gasteiger partial charge in [0.1, 0.15) is 5.82 Å². The highest BCUT2D eigenvalue weighted by atomic mass is 79.9. The number of nitrogens with one attached hydrogen (secondary N) is 2. The summed E-state index contributed by atoms with van der Waals surface area (Å²) in [6.45, 7) is 1.71. The lowest BCUT2D eigenvalue weighted by Crippen LogP contribution is -2.32. The average molecular weight is 323 g/mol. The molecule has 0 saturated heterocycles. The molecule has 0 aromatic heterocycles. The maximum Gasteiger partial charge on any atom is 0.299 e. The number of hydrogen-bond donors (Lipinski definition) is 2. The van der Waals surface area contributed by atoms with Gasteiger partial charge < -0.3 is 0 Å². The maximum absolute atomic E-state index is 13.3. The van der Waals surface area contributed by atoms with Crippen LogP contribution in [0.3, 0.4) is 0 Å². The molecule has 0 amide bonds. The summed E-state index contributed by atoms with van der Waals surface area (Å²) in [5.74, 6) is -0.500. The fourth-order valence-corrected chi connectivity index (χ4v) is 3.05. The van der Waals surface area contributed by atoms with Crippen molar-refractivity contribution < 1.29 is 12.8 Å². The molecule has 0 aliphatic heterocycles. The molecule has 4 nitrogen and oxygen atoms in total. The SMILES string of the molecule is Cc1cc(Br)c(F)cc1NS(=O)(=O)NC1CC1. The van der Waals surface area contributed by atoms with Gasteiger partial charge in [-0.25, -0.2) is 4.39 Å². The Hall–Kier alpha value is -0.660. The van der Waals surface area contributed by atoms with Gasteiger partial charge in [0.25, 0.3) is 10.2 Å². The van der Waals surface area contributed by atoms with Crippen molar-refractivity contribution >= 4 is 31.8 Å². The first-order valence-electron chi connectivity index (χ1n) is 5.13. The van der Waals surface area contributed by atoms with Gasteiger partial charge in [-0.05, 0) is 53.4 Å². The van der Waals surface area contributed by atoms with E-state index in [-0.39, 0.29) is 11.7 Å². The van der Waals surface area contributed by atoms with Crippen molar-refractivity contribution in [3.05, 3.63) is 28.0 Å². The predicted molar refractivity (Wildman–Crippen MR) is 67.5 cm³/mol. The number of anilines is 1. The molecule has 0 heterocycles. The minimum absolute atomic E-state index is 0.0214. The summed E-state index contributed by atoms with van der Waals surface area (Å²) in [6.07, 6.45) is 1.71. The van der Waals surface area contributed by atoms with Crippen LogP contribution < -0.4 is 9.44 Å². The molecule has 1 aromatic rings. The third kappa shape index (κ3) is 3.40. The number of rotatable bonds is 4. The monoisotopic (exact) mass is 322 g/mol. The molecule has 1 aliphatic rings. The first-order valence-corrected chi connectivity index (χ1v) is 7.41. The molecule has 17 heavy (non-hydrogen) atoms. The van der Waals surface area contributed by atoms with Crippen molar-refractivity contribution in [2.75, 3.05) is 4.72 Å². The van der Waals surface area contributed by atoms with Crippen LogP contribution in [0.2, 0.25) is 0 Å². The lowest BCUT2D eigenvalue weighted by molar-refractivity contribution is 0.586. The van der Waals surface area contributed by atoms with Crippen LogP contribution in [0.15, 0.2) is 16.6 Å². The van der Waals surface area contributed by atoms with Crippen molar-refractivity contribution in [2.45, 2.75) is 25.8 Å². The summed E-state index contributed by atoms with van der Waals surface area (Å²) < 4.78 is 41.7. The van der Waals surface area contributed by atoms with Gasteiger partial charge >= 0.3 is 0 Å². The zero-order valence-electron chi connectivity index (χ0n) is 9.13. The molecule has 0 radical (unpaired) electrons. The van der Waals surface area contributed by atoms with Crippen LogP contribution in [-0.4, -0.2) is 14.5 Å². The fraction of sp³-hybridized carbons (Fsp3) is 0.400. The smallest absolute Gasteiger partial charge is 0.271 e. The second-order valence-corrected chi connectivity index (χ2v) is 6.38. The quantitative estimate of drug-likeness (QED) is 0.893. The molecule has 0 spiro atoms. The lowest BCUT2D eigenvalue weighted by Gasteiger charge is -2.11. The number of benzene rings is 1. The van der Waals surface area contributed by atoms with E-state index in [1.807, 2.05) is 0 Å². The van der Waals surface area contributed by atoms with Gasteiger partial charge in [-0.15, -0.1) is 0 Å². The van der Waals surface area contributed by atoms with Crippen molar-refractivity contribution in [1.82, 2.24) is 4.72 Å². The summed E-state index contributed by atoms with van der Waals surface area (Å²) in [4.78, 5) is 0. The Balaban J connectivity index is 2.20. The van der Waals surface area contributed by atoms with Crippen LogP contribution in [-0.2, 0) is 10.2 Å². The summed E-state index contributed by atoms with van der Waals surface area (Å²) in [6, 6.07) is 2.71. The molecule has 0 bridgehead atoms. The lowest BCUT2D eigenvalue weighted by atomic mass is 10.2. The van der Waals surface area contributed by atoms with E-state index in [1.165, 1.54) is 6.07 Å². The van der Waals surface area contributed by atoms with E-state index in [1.54, 1.807) is 6.92 Å². The third-order valence-electron chi connectivity index (χ3n) is 2.41.